The standard InChI is InChI=1S/C18H19N3O5S/c1-9(2)19-15(23)11-8-27-17-12(16(24)21(17)13(11)18(25)26)20-14(22)10-6-4-3-5-7-10/h3-7,9,12,17H,8H2,1-2H3,(H,19,23)(H,20,22)(H,25,26)/t12?,17-/m1/s1. The van der Waals surface area contributed by atoms with E-state index in [1.807, 2.05) is 0 Å². The number of fused-ring (bicyclic) bond motifs is 1. The summed E-state index contributed by atoms with van der Waals surface area (Å²) >= 11 is 1.26. The third-order valence-electron chi connectivity index (χ3n) is 4.19. The fourth-order valence-corrected chi connectivity index (χ4v) is 4.30. The molecule has 27 heavy (non-hydrogen) atoms. The number of carboxylic acids is 1. The van der Waals surface area contributed by atoms with Crippen LogP contribution in [0.15, 0.2) is 41.6 Å². The van der Waals surface area contributed by atoms with Gasteiger partial charge < -0.3 is 15.7 Å². The van der Waals surface area contributed by atoms with Crippen molar-refractivity contribution in [1.29, 1.82) is 0 Å². The summed E-state index contributed by atoms with van der Waals surface area (Å²) in [6, 6.07) is 7.47. The lowest BCUT2D eigenvalue weighted by Crippen LogP contribution is -2.70. The molecule has 1 aromatic rings. The molecule has 1 aromatic carbocycles. The monoisotopic (exact) mass is 389 g/mol. The van der Waals surface area contributed by atoms with Crippen molar-refractivity contribution in [2.24, 2.45) is 0 Å². The maximum Gasteiger partial charge on any atom is 0.353 e. The van der Waals surface area contributed by atoms with Crippen LogP contribution in [0, 0.1) is 0 Å². The number of carbonyl (C=O) groups excluding carboxylic acids is 3. The predicted molar refractivity (Wildman–Crippen MR) is 98.7 cm³/mol. The second-order valence-electron chi connectivity index (χ2n) is 6.49. The smallest absolute Gasteiger partial charge is 0.353 e. The molecule has 1 fully saturated rings. The van der Waals surface area contributed by atoms with Gasteiger partial charge in [0, 0.05) is 17.4 Å². The van der Waals surface area contributed by atoms with Crippen molar-refractivity contribution in [2.45, 2.75) is 31.3 Å². The van der Waals surface area contributed by atoms with Crippen LogP contribution in [0.5, 0.6) is 0 Å². The molecule has 1 unspecified atom stereocenters. The minimum atomic E-state index is -1.34. The highest BCUT2D eigenvalue weighted by Gasteiger charge is 2.55. The van der Waals surface area contributed by atoms with Gasteiger partial charge in [-0.2, -0.15) is 0 Å². The molecule has 3 amide bonds. The molecule has 142 valence electrons. The average molecular weight is 389 g/mol. The Morgan fingerprint density at radius 3 is 2.44 bits per heavy atom. The molecule has 1 saturated heterocycles. The zero-order valence-corrected chi connectivity index (χ0v) is 15.6. The first-order valence-electron chi connectivity index (χ1n) is 8.39. The van der Waals surface area contributed by atoms with E-state index in [0.29, 0.717) is 5.56 Å². The number of hydrogen-bond donors (Lipinski definition) is 3. The van der Waals surface area contributed by atoms with Crippen LogP contribution >= 0.6 is 11.8 Å². The fraction of sp³-hybridized carbons (Fsp3) is 0.333. The summed E-state index contributed by atoms with van der Waals surface area (Å²) in [6.45, 7) is 3.53. The van der Waals surface area contributed by atoms with Gasteiger partial charge in [0.15, 0.2) is 0 Å². The van der Waals surface area contributed by atoms with E-state index >= 15 is 0 Å². The topological polar surface area (TPSA) is 116 Å². The minimum Gasteiger partial charge on any atom is -0.477 e. The van der Waals surface area contributed by atoms with Crippen molar-refractivity contribution >= 4 is 35.5 Å². The number of carboxylic acid groups (broad SMARTS) is 1. The van der Waals surface area contributed by atoms with Crippen molar-refractivity contribution in [3.63, 3.8) is 0 Å². The third-order valence-corrected chi connectivity index (χ3v) is 5.47. The van der Waals surface area contributed by atoms with Gasteiger partial charge in [0.1, 0.15) is 17.1 Å². The van der Waals surface area contributed by atoms with E-state index in [-0.39, 0.29) is 23.1 Å². The summed E-state index contributed by atoms with van der Waals surface area (Å²) in [6.07, 6.45) is 0. The lowest BCUT2D eigenvalue weighted by molar-refractivity contribution is -0.149. The second-order valence-corrected chi connectivity index (χ2v) is 7.59. The van der Waals surface area contributed by atoms with Gasteiger partial charge in [-0.3, -0.25) is 19.3 Å². The van der Waals surface area contributed by atoms with E-state index in [9.17, 15) is 24.3 Å². The summed E-state index contributed by atoms with van der Waals surface area (Å²) in [7, 11) is 0. The van der Waals surface area contributed by atoms with Crippen molar-refractivity contribution < 1.29 is 24.3 Å². The maximum atomic E-state index is 12.5. The highest BCUT2D eigenvalue weighted by Crippen LogP contribution is 2.40. The van der Waals surface area contributed by atoms with E-state index in [2.05, 4.69) is 10.6 Å². The molecule has 0 aliphatic carbocycles. The number of nitrogens with one attached hydrogen (secondary N) is 2. The van der Waals surface area contributed by atoms with Crippen LogP contribution in [0.2, 0.25) is 0 Å². The normalized spacial score (nSPS) is 21.4. The average Bonchev–Trinajstić information content (AvgIpc) is 2.64. The second kappa shape index (κ2) is 7.43. The van der Waals surface area contributed by atoms with Crippen LogP contribution in [-0.2, 0) is 14.4 Å². The Labute approximate surface area is 160 Å². The van der Waals surface area contributed by atoms with E-state index in [1.54, 1.807) is 44.2 Å². The molecule has 2 heterocycles. The fourth-order valence-electron chi connectivity index (χ4n) is 2.96. The van der Waals surface area contributed by atoms with E-state index < -0.39 is 35.1 Å². The Hall–Kier alpha value is -2.81. The molecule has 0 aromatic heterocycles. The quantitative estimate of drug-likeness (QED) is 0.634. The van der Waals surface area contributed by atoms with Gasteiger partial charge in [0.05, 0.1) is 5.57 Å². The Kier molecular flexibility index (Phi) is 5.22. The highest BCUT2D eigenvalue weighted by molar-refractivity contribution is 8.00. The van der Waals surface area contributed by atoms with Gasteiger partial charge in [-0.1, -0.05) is 18.2 Å². The van der Waals surface area contributed by atoms with Gasteiger partial charge in [-0.05, 0) is 26.0 Å². The largest absolute Gasteiger partial charge is 0.477 e. The number of amides is 3. The summed E-state index contributed by atoms with van der Waals surface area (Å²) in [5.41, 5.74) is 0.154. The van der Waals surface area contributed by atoms with Crippen LogP contribution in [0.1, 0.15) is 24.2 Å². The number of aliphatic carboxylic acids is 1. The van der Waals surface area contributed by atoms with Crippen molar-refractivity contribution in [3.8, 4) is 0 Å². The molecular formula is C18H19N3O5S. The van der Waals surface area contributed by atoms with E-state index in [1.165, 1.54) is 11.8 Å². The zero-order valence-electron chi connectivity index (χ0n) is 14.8. The Bertz CT molecular complexity index is 837. The van der Waals surface area contributed by atoms with Crippen LogP contribution in [0.25, 0.3) is 0 Å². The van der Waals surface area contributed by atoms with Crippen LogP contribution in [0.4, 0.5) is 0 Å². The van der Waals surface area contributed by atoms with Gasteiger partial charge >= 0.3 is 5.97 Å². The summed E-state index contributed by atoms with van der Waals surface area (Å²) in [4.78, 5) is 49.9. The Balaban J connectivity index is 1.80. The lowest BCUT2D eigenvalue weighted by Gasteiger charge is -2.49. The van der Waals surface area contributed by atoms with Crippen molar-refractivity contribution in [3.05, 3.63) is 47.2 Å². The molecule has 2 aliphatic heterocycles. The molecule has 0 spiro atoms. The maximum absolute atomic E-state index is 12.5. The highest BCUT2D eigenvalue weighted by atomic mass is 32.2. The molecule has 8 nitrogen and oxygen atoms in total. The number of nitrogens with zero attached hydrogens (tertiary/aromatic N) is 1. The first-order chi connectivity index (χ1) is 12.8. The van der Waals surface area contributed by atoms with E-state index in [4.69, 9.17) is 0 Å². The van der Waals surface area contributed by atoms with Crippen LogP contribution < -0.4 is 10.6 Å². The molecule has 2 atom stereocenters. The summed E-state index contributed by atoms with van der Waals surface area (Å²) < 4.78 is 0. The first kappa shape index (κ1) is 19.0. The predicted octanol–water partition coefficient (Wildman–Crippen LogP) is 0.563. The first-order valence-corrected chi connectivity index (χ1v) is 9.44. The molecule has 9 heteroatoms. The lowest BCUT2D eigenvalue weighted by atomic mass is 10.0. The molecule has 3 N–H and O–H groups in total. The third kappa shape index (κ3) is 3.55. The molecule has 0 radical (unpaired) electrons. The number of thioether (sulfide) groups is 1. The van der Waals surface area contributed by atoms with Crippen molar-refractivity contribution in [1.82, 2.24) is 15.5 Å². The summed E-state index contributed by atoms with van der Waals surface area (Å²) in [5.74, 6) is -2.64. The molecule has 2 aliphatic rings. The molecule has 0 bridgehead atoms. The molecular weight excluding hydrogens is 370 g/mol. The summed E-state index contributed by atoms with van der Waals surface area (Å²) in [5, 5.41) is 14.3. The number of hydrogen-bond acceptors (Lipinski definition) is 5. The van der Waals surface area contributed by atoms with Crippen LogP contribution in [-0.4, -0.2) is 56.9 Å². The Morgan fingerprint density at radius 1 is 1.19 bits per heavy atom. The van der Waals surface area contributed by atoms with Gasteiger partial charge in [0.25, 0.3) is 17.7 Å². The number of β-lactam (4-membered cyclic amide) rings is 1. The van der Waals surface area contributed by atoms with Crippen LogP contribution in [0.3, 0.4) is 0 Å². The number of rotatable bonds is 5. The molecule has 0 saturated carbocycles. The van der Waals surface area contributed by atoms with Crippen molar-refractivity contribution in [2.75, 3.05) is 5.75 Å². The molecule has 3 rings (SSSR count). The van der Waals surface area contributed by atoms with Gasteiger partial charge in [-0.15, -0.1) is 11.8 Å². The zero-order chi connectivity index (χ0) is 19.7. The van der Waals surface area contributed by atoms with Gasteiger partial charge in [0.2, 0.25) is 0 Å². The number of carbonyl (C=O) groups is 4. The minimum absolute atomic E-state index is 0.0543. The number of benzene rings is 1. The Morgan fingerprint density at radius 2 is 1.85 bits per heavy atom. The SMILES string of the molecule is CC(C)NC(=O)C1=C(C(=O)O)N2C(=O)C(NC(=O)c3ccccc3)[C@H]2SC1. The van der Waals surface area contributed by atoms with E-state index in [0.717, 1.165) is 4.90 Å². The van der Waals surface area contributed by atoms with Gasteiger partial charge in [-0.25, -0.2) is 4.79 Å².